The predicted octanol–water partition coefficient (Wildman–Crippen LogP) is 4.51. The Hall–Kier alpha value is -2.49. The number of carbonyl (C=O) groups is 2. The number of methoxy groups -OCH3 is 1. The maximum absolute atomic E-state index is 12.9. The molecule has 1 aromatic heterocycles. The molecule has 8 nitrogen and oxygen atoms in total. The van der Waals surface area contributed by atoms with Crippen LogP contribution in [0.4, 0.5) is 10.7 Å². The summed E-state index contributed by atoms with van der Waals surface area (Å²) in [4.78, 5) is 36.9. The molecular weight excluding hydrogens is 430 g/mol. The Morgan fingerprint density at radius 3 is 2.57 bits per heavy atom. The van der Waals surface area contributed by atoms with E-state index in [4.69, 9.17) is 16.3 Å². The van der Waals surface area contributed by atoms with Gasteiger partial charge in [0.1, 0.15) is 5.00 Å². The van der Waals surface area contributed by atoms with Crippen molar-refractivity contribution in [1.29, 1.82) is 0 Å². The fourth-order valence-corrected chi connectivity index (χ4v) is 5.37. The van der Waals surface area contributed by atoms with Crippen LogP contribution in [0.25, 0.3) is 0 Å². The number of amides is 1. The number of hydrogen-bond acceptors (Lipinski definition) is 7. The Labute approximate surface area is 182 Å². The smallest absolute Gasteiger partial charge is 0.341 e. The highest BCUT2D eigenvalue weighted by molar-refractivity contribution is 7.17. The normalized spacial score (nSPS) is 16.5. The van der Waals surface area contributed by atoms with Crippen molar-refractivity contribution in [2.45, 2.75) is 45.2 Å². The van der Waals surface area contributed by atoms with Crippen LogP contribution >= 0.6 is 22.9 Å². The molecule has 1 aliphatic heterocycles. The number of nitro groups is 1. The Morgan fingerprint density at radius 1 is 1.30 bits per heavy atom. The molecule has 2 heterocycles. The summed E-state index contributed by atoms with van der Waals surface area (Å²) in [6, 6.07) is 3.63. The number of rotatable bonds is 4. The van der Waals surface area contributed by atoms with E-state index < -0.39 is 22.3 Å². The van der Waals surface area contributed by atoms with Gasteiger partial charge in [0.15, 0.2) is 0 Å². The fraction of sp³-hybridized carbons (Fsp3) is 0.400. The van der Waals surface area contributed by atoms with Crippen molar-refractivity contribution in [3.8, 4) is 0 Å². The lowest BCUT2D eigenvalue weighted by molar-refractivity contribution is -0.384. The van der Waals surface area contributed by atoms with E-state index >= 15 is 0 Å². The first-order valence-corrected chi connectivity index (χ1v) is 10.3. The van der Waals surface area contributed by atoms with Crippen molar-refractivity contribution in [1.82, 2.24) is 5.32 Å². The molecule has 0 atom stereocenters. The number of non-ortho nitro benzene ring substituents is 1. The number of fused-ring (bicyclic) bond motifs is 1. The second kappa shape index (κ2) is 7.64. The van der Waals surface area contributed by atoms with Crippen LogP contribution in [0.1, 0.15) is 58.9 Å². The molecule has 1 aromatic carbocycles. The molecule has 2 aromatic rings. The Morgan fingerprint density at radius 2 is 1.97 bits per heavy atom. The van der Waals surface area contributed by atoms with Gasteiger partial charge in [0.2, 0.25) is 0 Å². The molecule has 1 aliphatic rings. The zero-order valence-electron chi connectivity index (χ0n) is 17.2. The number of esters is 1. The van der Waals surface area contributed by atoms with Gasteiger partial charge in [-0.3, -0.25) is 14.9 Å². The lowest BCUT2D eigenvalue weighted by Crippen LogP contribution is -2.55. The van der Waals surface area contributed by atoms with Crippen LogP contribution in [0.15, 0.2) is 18.2 Å². The first-order chi connectivity index (χ1) is 13.9. The van der Waals surface area contributed by atoms with Crippen molar-refractivity contribution in [2.75, 3.05) is 12.4 Å². The molecule has 3 rings (SSSR count). The zero-order valence-corrected chi connectivity index (χ0v) is 18.8. The van der Waals surface area contributed by atoms with Gasteiger partial charge in [0.05, 0.1) is 28.2 Å². The van der Waals surface area contributed by atoms with Gasteiger partial charge in [-0.15, -0.1) is 11.3 Å². The molecule has 30 heavy (non-hydrogen) atoms. The van der Waals surface area contributed by atoms with Gasteiger partial charge in [-0.25, -0.2) is 4.79 Å². The third kappa shape index (κ3) is 4.05. The largest absolute Gasteiger partial charge is 0.465 e. The van der Waals surface area contributed by atoms with Crippen LogP contribution in [0.5, 0.6) is 0 Å². The molecule has 0 spiro atoms. The molecule has 0 aliphatic carbocycles. The van der Waals surface area contributed by atoms with Gasteiger partial charge in [0.25, 0.3) is 11.6 Å². The number of thiophene rings is 1. The number of carbonyl (C=O) groups excluding carboxylic acids is 2. The van der Waals surface area contributed by atoms with Crippen LogP contribution in [0, 0.1) is 10.1 Å². The van der Waals surface area contributed by atoms with E-state index in [2.05, 4.69) is 10.6 Å². The van der Waals surface area contributed by atoms with Gasteiger partial charge < -0.3 is 15.4 Å². The molecule has 0 bridgehead atoms. The van der Waals surface area contributed by atoms with Gasteiger partial charge in [-0.1, -0.05) is 11.6 Å². The number of halogens is 1. The summed E-state index contributed by atoms with van der Waals surface area (Å²) in [6.07, 6.45) is 0.570. The first kappa shape index (κ1) is 22.2. The summed E-state index contributed by atoms with van der Waals surface area (Å²) >= 11 is 7.37. The van der Waals surface area contributed by atoms with Gasteiger partial charge >= 0.3 is 5.97 Å². The fourth-order valence-electron chi connectivity index (χ4n) is 3.90. The summed E-state index contributed by atoms with van der Waals surface area (Å²) in [5.41, 5.74) is 0.110. The number of nitrogens with zero attached hydrogens (tertiary/aromatic N) is 1. The van der Waals surface area contributed by atoms with Crippen LogP contribution < -0.4 is 10.6 Å². The average Bonchev–Trinajstić information content (AvgIpc) is 2.98. The molecular formula is C20H22ClN3O5S. The van der Waals surface area contributed by atoms with Crippen molar-refractivity contribution in [3.63, 3.8) is 0 Å². The minimum Gasteiger partial charge on any atom is -0.465 e. The van der Waals surface area contributed by atoms with E-state index in [-0.39, 0.29) is 21.8 Å². The third-order valence-electron chi connectivity index (χ3n) is 4.87. The third-order valence-corrected chi connectivity index (χ3v) is 6.67. The SMILES string of the molecule is COC(=O)c1c(NC(=O)c2cc([N+](=O)[O-])ccc2Cl)sc2c1CC(C)(C)NC2(C)C. The summed E-state index contributed by atoms with van der Waals surface area (Å²) in [6.45, 7) is 8.09. The van der Waals surface area contributed by atoms with Crippen LogP contribution in [-0.4, -0.2) is 29.4 Å². The van der Waals surface area contributed by atoms with E-state index in [9.17, 15) is 19.7 Å². The molecule has 160 valence electrons. The maximum atomic E-state index is 12.9. The molecule has 0 radical (unpaired) electrons. The molecule has 1 amide bonds. The first-order valence-electron chi connectivity index (χ1n) is 9.15. The Bertz CT molecular complexity index is 1060. The summed E-state index contributed by atoms with van der Waals surface area (Å²) in [5, 5.41) is 17.7. The van der Waals surface area contributed by atoms with Crippen LogP contribution in [0.3, 0.4) is 0 Å². The molecule has 0 fully saturated rings. The van der Waals surface area contributed by atoms with E-state index in [1.54, 1.807) is 0 Å². The van der Waals surface area contributed by atoms with E-state index in [1.165, 1.54) is 30.6 Å². The summed E-state index contributed by atoms with van der Waals surface area (Å²) in [7, 11) is 1.28. The second-order valence-corrected chi connectivity index (χ2v) is 9.72. The zero-order chi connectivity index (χ0) is 22.4. The molecule has 0 unspecified atom stereocenters. The minimum absolute atomic E-state index is 0.0502. The second-order valence-electron chi connectivity index (χ2n) is 8.29. The minimum atomic E-state index is -0.641. The Kier molecular flexibility index (Phi) is 5.66. The van der Waals surface area contributed by atoms with Crippen molar-refractivity contribution in [3.05, 3.63) is 54.9 Å². The van der Waals surface area contributed by atoms with Gasteiger partial charge in [-0.2, -0.15) is 0 Å². The van der Waals surface area contributed by atoms with Gasteiger partial charge in [-0.05, 0) is 45.7 Å². The number of nitro benzene ring substituents is 1. The lowest BCUT2D eigenvalue weighted by atomic mass is 9.81. The highest BCUT2D eigenvalue weighted by Crippen LogP contribution is 2.45. The van der Waals surface area contributed by atoms with E-state index in [0.717, 1.165) is 16.5 Å². The average molecular weight is 452 g/mol. The van der Waals surface area contributed by atoms with Crippen molar-refractivity contribution in [2.24, 2.45) is 0 Å². The number of hydrogen-bond donors (Lipinski definition) is 2. The standard InChI is InChI=1S/C20H22ClN3O5S/c1-19(2)9-12-14(18(26)29-5)17(30-15(12)20(3,4)23-19)22-16(25)11-8-10(24(27)28)6-7-13(11)21/h6-8,23H,9H2,1-5H3,(H,22,25). The predicted molar refractivity (Wildman–Crippen MR) is 116 cm³/mol. The topological polar surface area (TPSA) is 111 Å². The summed E-state index contributed by atoms with van der Waals surface area (Å²) in [5.74, 6) is -1.20. The number of ether oxygens (including phenoxy) is 1. The highest BCUT2D eigenvalue weighted by Gasteiger charge is 2.42. The van der Waals surface area contributed by atoms with E-state index in [1.807, 2.05) is 27.7 Å². The van der Waals surface area contributed by atoms with Crippen molar-refractivity contribution < 1.29 is 19.2 Å². The quantitative estimate of drug-likeness (QED) is 0.402. The van der Waals surface area contributed by atoms with Crippen molar-refractivity contribution >= 4 is 45.5 Å². The molecule has 10 heteroatoms. The molecule has 2 N–H and O–H groups in total. The van der Waals surface area contributed by atoms with Gasteiger partial charge in [0, 0.05) is 28.1 Å². The number of benzene rings is 1. The van der Waals surface area contributed by atoms with Crippen LogP contribution in [-0.2, 0) is 16.7 Å². The Balaban J connectivity index is 2.09. The monoisotopic (exact) mass is 451 g/mol. The number of anilines is 1. The maximum Gasteiger partial charge on any atom is 0.341 e. The molecule has 0 saturated carbocycles. The highest BCUT2D eigenvalue weighted by atomic mass is 35.5. The number of nitrogens with one attached hydrogen (secondary N) is 2. The lowest BCUT2D eigenvalue weighted by Gasteiger charge is -2.42. The summed E-state index contributed by atoms with van der Waals surface area (Å²) < 4.78 is 4.98. The molecule has 0 saturated heterocycles. The van der Waals surface area contributed by atoms with E-state index in [0.29, 0.717) is 17.0 Å². The van der Waals surface area contributed by atoms with Crippen LogP contribution in [0.2, 0.25) is 5.02 Å².